The molecule has 4 atom stereocenters. The third-order valence-electron chi connectivity index (χ3n) is 6.93. The van der Waals surface area contributed by atoms with Gasteiger partial charge in [-0.05, 0) is 52.7 Å². The summed E-state index contributed by atoms with van der Waals surface area (Å²) in [5.41, 5.74) is 0.511. The highest BCUT2D eigenvalue weighted by Gasteiger charge is 2.42. The standard InChI is InChI=1S/2C17H23NO5/c2*1-17(2,3)23-16(21)18-9-13(14(19)10-18)15(20)22-11-12-7-5-4-6-8-12/h2*4-8,13-14,19H,9-11H2,1-3H3. The van der Waals surface area contributed by atoms with Crippen molar-refractivity contribution in [3.8, 4) is 0 Å². The highest BCUT2D eigenvalue weighted by atomic mass is 16.6. The van der Waals surface area contributed by atoms with E-state index >= 15 is 0 Å². The van der Waals surface area contributed by atoms with E-state index in [0.29, 0.717) is 0 Å². The summed E-state index contributed by atoms with van der Waals surface area (Å²) in [5, 5.41) is 20.0. The van der Waals surface area contributed by atoms with Crippen LogP contribution < -0.4 is 0 Å². The molecule has 0 aliphatic carbocycles. The minimum atomic E-state index is -0.939. The third kappa shape index (κ3) is 11.6. The average Bonchev–Trinajstić information content (AvgIpc) is 3.57. The van der Waals surface area contributed by atoms with Crippen molar-refractivity contribution in [3.05, 3.63) is 71.8 Å². The molecule has 0 aromatic heterocycles. The van der Waals surface area contributed by atoms with Gasteiger partial charge in [-0.25, -0.2) is 9.59 Å². The zero-order valence-corrected chi connectivity index (χ0v) is 27.4. The highest BCUT2D eigenvalue weighted by molar-refractivity contribution is 5.77. The number of hydrogen-bond donors (Lipinski definition) is 2. The number of likely N-dealkylation sites (tertiary alicyclic amines) is 2. The first-order valence-corrected chi connectivity index (χ1v) is 15.3. The second kappa shape index (κ2) is 15.9. The molecule has 12 heteroatoms. The molecule has 252 valence electrons. The van der Waals surface area contributed by atoms with Gasteiger partial charge in [-0.2, -0.15) is 0 Å². The topological polar surface area (TPSA) is 152 Å². The van der Waals surface area contributed by atoms with E-state index in [1.807, 2.05) is 60.7 Å². The second-order valence-corrected chi connectivity index (χ2v) is 13.3. The predicted octanol–water partition coefficient (Wildman–Crippen LogP) is 3.92. The zero-order chi connectivity index (χ0) is 34.1. The van der Waals surface area contributed by atoms with Crippen LogP contribution in [-0.4, -0.2) is 93.7 Å². The van der Waals surface area contributed by atoms with Crippen LogP contribution in [0.3, 0.4) is 0 Å². The fourth-order valence-electron chi connectivity index (χ4n) is 4.66. The molecule has 2 aromatic rings. The Balaban J connectivity index is 0.000000250. The molecule has 46 heavy (non-hydrogen) atoms. The number of nitrogens with zero attached hydrogens (tertiary/aromatic N) is 2. The maximum Gasteiger partial charge on any atom is 0.410 e. The summed E-state index contributed by atoms with van der Waals surface area (Å²) < 4.78 is 21.0. The summed E-state index contributed by atoms with van der Waals surface area (Å²) in [6.07, 6.45) is -2.94. The van der Waals surface area contributed by atoms with Gasteiger partial charge in [0.2, 0.25) is 0 Å². The number of aliphatic hydroxyl groups is 2. The number of carbonyl (C=O) groups excluding carboxylic acids is 4. The van der Waals surface area contributed by atoms with Crippen molar-refractivity contribution >= 4 is 24.1 Å². The van der Waals surface area contributed by atoms with Gasteiger partial charge in [0.1, 0.15) is 36.3 Å². The summed E-state index contributed by atoms with van der Waals surface area (Å²) in [7, 11) is 0. The van der Waals surface area contributed by atoms with Crippen molar-refractivity contribution < 1.29 is 48.3 Å². The molecule has 2 aliphatic heterocycles. The summed E-state index contributed by atoms with van der Waals surface area (Å²) in [6.45, 7) is 11.2. The molecule has 2 aliphatic rings. The van der Waals surface area contributed by atoms with Gasteiger partial charge in [-0.1, -0.05) is 60.7 Å². The molecule has 4 unspecified atom stereocenters. The Hall–Kier alpha value is -4.16. The molecule has 12 nitrogen and oxygen atoms in total. The van der Waals surface area contributed by atoms with Gasteiger partial charge < -0.3 is 39.0 Å². The zero-order valence-electron chi connectivity index (χ0n) is 27.4. The number of β-amino-alcohol motifs (C(OH)–C–C–N with tert-alkyl or cyclic N) is 2. The van der Waals surface area contributed by atoms with Crippen LogP contribution in [0.1, 0.15) is 52.7 Å². The first-order valence-electron chi connectivity index (χ1n) is 15.3. The Morgan fingerprint density at radius 3 is 1.24 bits per heavy atom. The van der Waals surface area contributed by atoms with Crippen LogP contribution in [0.5, 0.6) is 0 Å². The molecule has 0 bridgehead atoms. The number of ether oxygens (including phenoxy) is 4. The molecular formula is C34H46N2O10. The number of benzene rings is 2. The maximum atomic E-state index is 12.1. The molecular weight excluding hydrogens is 596 g/mol. The Kier molecular flexibility index (Phi) is 12.6. The van der Waals surface area contributed by atoms with E-state index < -0.39 is 59.4 Å². The van der Waals surface area contributed by atoms with Gasteiger partial charge in [-0.15, -0.1) is 0 Å². The van der Waals surface area contributed by atoms with Crippen molar-refractivity contribution in [2.45, 2.75) is 78.2 Å². The fraction of sp³-hybridized carbons (Fsp3) is 0.529. The summed E-state index contributed by atoms with van der Waals surface area (Å²) in [4.78, 5) is 50.9. The maximum absolute atomic E-state index is 12.1. The number of carbonyl (C=O) groups is 4. The first-order chi connectivity index (χ1) is 21.5. The van der Waals surface area contributed by atoms with Crippen molar-refractivity contribution in [2.24, 2.45) is 11.8 Å². The predicted molar refractivity (Wildman–Crippen MR) is 167 cm³/mol. The van der Waals surface area contributed by atoms with E-state index in [1.54, 1.807) is 41.5 Å². The molecule has 4 rings (SSSR count). The fourth-order valence-corrected chi connectivity index (χ4v) is 4.66. The molecule has 2 heterocycles. The second-order valence-electron chi connectivity index (χ2n) is 13.3. The van der Waals surface area contributed by atoms with Crippen LogP contribution in [0.4, 0.5) is 9.59 Å². The van der Waals surface area contributed by atoms with E-state index in [1.165, 1.54) is 9.80 Å². The van der Waals surface area contributed by atoms with Gasteiger partial charge in [0.25, 0.3) is 0 Å². The Labute approximate surface area is 270 Å². The van der Waals surface area contributed by atoms with E-state index in [4.69, 9.17) is 18.9 Å². The minimum absolute atomic E-state index is 0.0695. The molecule has 2 saturated heterocycles. The lowest BCUT2D eigenvalue weighted by Crippen LogP contribution is -2.36. The van der Waals surface area contributed by atoms with Crippen molar-refractivity contribution in [1.29, 1.82) is 0 Å². The summed E-state index contributed by atoms with van der Waals surface area (Å²) in [6, 6.07) is 18.6. The van der Waals surface area contributed by atoms with Gasteiger partial charge in [-0.3, -0.25) is 9.59 Å². The number of hydrogen-bond acceptors (Lipinski definition) is 10. The highest BCUT2D eigenvalue weighted by Crippen LogP contribution is 2.23. The van der Waals surface area contributed by atoms with Gasteiger partial charge in [0, 0.05) is 13.1 Å². The van der Waals surface area contributed by atoms with Gasteiger partial charge >= 0.3 is 24.1 Å². The molecule has 0 spiro atoms. The van der Waals surface area contributed by atoms with Crippen LogP contribution in [0.25, 0.3) is 0 Å². The quantitative estimate of drug-likeness (QED) is 0.350. The monoisotopic (exact) mass is 642 g/mol. The molecule has 2 aromatic carbocycles. The average molecular weight is 643 g/mol. The van der Waals surface area contributed by atoms with Gasteiger partial charge in [0.15, 0.2) is 0 Å². The molecule has 2 amide bonds. The molecule has 0 saturated carbocycles. The lowest BCUT2D eigenvalue weighted by molar-refractivity contribution is -0.153. The smallest absolute Gasteiger partial charge is 0.410 e. The number of amides is 2. The molecule has 2 fully saturated rings. The summed E-state index contributed by atoms with van der Waals surface area (Å²) in [5.74, 6) is -2.50. The van der Waals surface area contributed by atoms with Crippen molar-refractivity contribution in [1.82, 2.24) is 9.80 Å². The first kappa shape index (κ1) is 36.3. The number of aliphatic hydroxyl groups excluding tert-OH is 2. The van der Waals surface area contributed by atoms with E-state index in [9.17, 15) is 29.4 Å². The van der Waals surface area contributed by atoms with Gasteiger partial charge in [0.05, 0.1) is 25.3 Å². The Morgan fingerprint density at radius 2 is 0.935 bits per heavy atom. The Morgan fingerprint density at radius 1 is 0.609 bits per heavy atom. The number of rotatable bonds is 6. The minimum Gasteiger partial charge on any atom is -0.460 e. The van der Waals surface area contributed by atoms with Crippen molar-refractivity contribution in [2.75, 3.05) is 26.2 Å². The van der Waals surface area contributed by atoms with Crippen molar-refractivity contribution in [3.63, 3.8) is 0 Å². The van der Waals surface area contributed by atoms with E-state index in [0.717, 1.165) is 11.1 Å². The molecule has 2 N–H and O–H groups in total. The lowest BCUT2D eigenvalue weighted by atomic mass is 10.1. The van der Waals surface area contributed by atoms with Crippen LogP contribution in [0.15, 0.2) is 60.7 Å². The lowest BCUT2D eigenvalue weighted by Gasteiger charge is -2.24. The summed E-state index contributed by atoms with van der Waals surface area (Å²) >= 11 is 0. The van der Waals surface area contributed by atoms with Crippen LogP contribution in [0, 0.1) is 11.8 Å². The normalized spacial score (nSPS) is 21.1. The molecule has 0 radical (unpaired) electrons. The van der Waals surface area contributed by atoms with E-state index in [-0.39, 0.29) is 39.4 Å². The van der Waals surface area contributed by atoms with Crippen LogP contribution in [0.2, 0.25) is 0 Å². The van der Waals surface area contributed by atoms with E-state index in [2.05, 4.69) is 0 Å². The van der Waals surface area contributed by atoms with Crippen LogP contribution in [-0.2, 0) is 41.8 Å². The third-order valence-corrected chi connectivity index (χ3v) is 6.93. The SMILES string of the molecule is CC(C)(C)OC(=O)N1CC(O)C(C(=O)OCc2ccccc2)C1.CC(C)(C)OC(=O)N1CC(O)C(C(=O)OCc2ccccc2)C1. The largest absolute Gasteiger partial charge is 0.460 e. The Bertz CT molecular complexity index is 1210. The number of esters is 2. The van der Waals surface area contributed by atoms with Crippen LogP contribution >= 0.6 is 0 Å².